The van der Waals surface area contributed by atoms with Gasteiger partial charge in [0.25, 0.3) is 5.69 Å². The van der Waals surface area contributed by atoms with Gasteiger partial charge >= 0.3 is 0 Å². The predicted octanol–water partition coefficient (Wildman–Crippen LogP) is 1.07. The van der Waals surface area contributed by atoms with E-state index in [1.54, 1.807) is 26.0 Å². The van der Waals surface area contributed by atoms with Crippen LogP contribution in [-0.4, -0.2) is 53.3 Å². The number of anilines is 2. The summed E-state index contributed by atoms with van der Waals surface area (Å²) < 4.78 is 0. The lowest BCUT2D eigenvalue weighted by Crippen LogP contribution is -2.50. The topological polar surface area (TPSA) is 95.9 Å². The Bertz CT molecular complexity index is 519. The summed E-state index contributed by atoms with van der Waals surface area (Å²) in [5.41, 5.74) is 6.23. The molecule has 0 amide bonds. The highest BCUT2D eigenvalue weighted by Crippen LogP contribution is 2.26. The van der Waals surface area contributed by atoms with Crippen LogP contribution in [-0.2, 0) is 0 Å². The van der Waals surface area contributed by atoms with Gasteiger partial charge in [-0.2, -0.15) is 0 Å². The van der Waals surface area contributed by atoms with Gasteiger partial charge in [-0.3, -0.25) is 15.0 Å². The van der Waals surface area contributed by atoms with E-state index >= 15 is 0 Å². The average molecular weight is 294 g/mol. The fourth-order valence-corrected chi connectivity index (χ4v) is 2.62. The first-order valence-corrected chi connectivity index (χ1v) is 6.99. The number of hydrogen-bond donors (Lipinski definition) is 2. The molecule has 3 N–H and O–H groups in total. The molecule has 1 aromatic rings. The number of nitrogens with two attached hydrogens (primary N) is 1. The zero-order valence-corrected chi connectivity index (χ0v) is 12.5. The van der Waals surface area contributed by atoms with Crippen molar-refractivity contribution in [3.63, 3.8) is 0 Å². The van der Waals surface area contributed by atoms with E-state index in [9.17, 15) is 15.2 Å². The molecule has 0 saturated carbocycles. The summed E-state index contributed by atoms with van der Waals surface area (Å²) in [6.07, 6.45) is 0. The molecule has 0 spiro atoms. The number of benzene rings is 1. The Hall–Kier alpha value is -1.86. The summed E-state index contributed by atoms with van der Waals surface area (Å²) in [6.45, 7) is 7.35. The average Bonchev–Trinajstić information content (AvgIpc) is 2.37. The van der Waals surface area contributed by atoms with Gasteiger partial charge in [-0.05, 0) is 19.9 Å². The van der Waals surface area contributed by atoms with Crippen LogP contribution in [0.3, 0.4) is 0 Å². The lowest BCUT2D eigenvalue weighted by atomic mass is 10.1. The summed E-state index contributed by atoms with van der Waals surface area (Å²) in [5, 5.41) is 20.7. The van der Waals surface area contributed by atoms with Gasteiger partial charge in [-0.15, -0.1) is 0 Å². The molecule has 1 aliphatic rings. The van der Waals surface area contributed by atoms with Crippen molar-refractivity contribution in [1.29, 1.82) is 0 Å². The summed E-state index contributed by atoms with van der Waals surface area (Å²) in [4.78, 5) is 14.7. The van der Waals surface area contributed by atoms with Crippen molar-refractivity contribution in [2.45, 2.75) is 19.4 Å². The minimum Gasteiger partial charge on any atom is -0.398 e. The van der Waals surface area contributed by atoms with E-state index in [1.165, 1.54) is 6.07 Å². The van der Waals surface area contributed by atoms with Gasteiger partial charge in [0.1, 0.15) is 0 Å². The highest BCUT2D eigenvalue weighted by atomic mass is 16.6. The number of non-ortho nitro benzene ring substituents is 1. The van der Waals surface area contributed by atoms with Crippen LogP contribution in [0.15, 0.2) is 18.2 Å². The number of β-amino-alcohol motifs (C(OH)–C–C–N with tert-alkyl or cyclic N) is 1. The lowest BCUT2D eigenvalue weighted by Gasteiger charge is -2.38. The van der Waals surface area contributed by atoms with Crippen LogP contribution in [0.25, 0.3) is 0 Å². The first-order chi connectivity index (χ1) is 9.74. The number of nitro groups is 1. The summed E-state index contributed by atoms with van der Waals surface area (Å²) in [7, 11) is 0. The predicted molar refractivity (Wildman–Crippen MR) is 82.5 cm³/mol. The molecule has 0 bridgehead atoms. The molecule has 7 nitrogen and oxygen atoms in total. The van der Waals surface area contributed by atoms with Gasteiger partial charge in [-0.25, -0.2) is 0 Å². The monoisotopic (exact) mass is 294 g/mol. The van der Waals surface area contributed by atoms with Crippen molar-refractivity contribution in [2.24, 2.45) is 0 Å². The third-order valence-electron chi connectivity index (χ3n) is 3.48. The lowest BCUT2D eigenvalue weighted by molar-refractivity contribution is -0.384. The molecule has 0 aromatic heterocycles. The Morgan fingerprint density at radius 1 is 1.29 bits per heavy atom. The Morgan fingerprint density at radius 3 is 2.43 bits per heavy atom. The minimum atomic E-state index is -0.710. The van der Waals surface area contributed by atoms with Crippen LogP contribution in [0.1, 0.15) is 13.8 Å². The SMILES string of the molecule is CC(C)(O)CN1CCN(c2cc(N)cc([N+](=O)[O-])c2)CC1. The molecule has 2 rings (SSSR count). The van der Waals surface area contributed by atoms with Crippen LogP contribution < -0.4 is 10.6 Å². The van der Waals surface area contributed by atoms with Crippen LogP contribution in [0.4, 0.5) is 17.1 Å². The third-order valence-corrected chi connectivity index (χ3v) is 3.48. The van der Waals surface area contributed by atoms with E-state index in [1.807, 2.05) is 0 Å². The van der Waals surface area contributed by atoms with E-state index in [4.69, 9.17) is 5.73 Å². The second-order valence-corrected chi connectivity index (χ2v) is 6.12. The molecule has 21 heavy (non-hydrogen) atoms. The van der Waals surface area contributed by atoms with Crippen molar-refractivity contribution < 1.29 is 10.0 Å². The molecule has 116 valence electrons. The van der Waals surface area contributed by atoms with Gasteiger partial charge in [0.05, 0.1) is 10.5 Å². The maximum absolute atomic E-state index is 10.9. The third kappa shape index (κ3) is 4.30. The highest BCUT2D eigenvalue weighted by molar-refractivity contribution is 5.62. The van der Waals surface area contributed by atoms with E-state index in [0.717, 1.165) is 31.9 Å². The number of nitrogen functional groups attached to an aromatic ring is 1. The highest BCUT2D eigenvalue weighted by Gasteiger charge is 2.23. The molecule has 0 atom stereocenters. The van der Waals surface area contributed by atoms with Gasteiger partial charge in [0.15, 0.2) is 0 Å². The van der Waals surface area contributed by atoms with Crippen molar-refractivity contribution in [1.82, 2.24) is 4.90 Å². The Kier molecular flexibility index (Phi) is 4.34. The van der Waals surface area contributed by atoms with E-state index < -0.39 is 10.5 Å². The largest absolute Gasteiger partial charge is 0.398 e. The number of nitro benzene ring substituents is 1. The fourth-order valence-electron chi connectivity index (χ4n) is 2.62. The number of hydrogen-bond acceptors (Lipinski definition) is 6. The summed E-state index contributed by atoms with van der Waals surface area (Å²) >= 11 is 0. The van der Waals surface area contributed by atoms with Crippen LogP contribution >= 0.6 is 0 Å². The molecule has 1 aliphatic heterocycles. The van der Waals surface area contributed by atoms with Gasteiger partial charge in [-0.1, -0.05) is 0 Å². The van der Waals surface area contributed by atoms with Gasteiger partial charge in [0, 0.05) is 56.2 Å². The van der Waals surface area contributed by atoms with Crippen LogP contribution in [0, 0.1) is 10.1 Å². The molecule has 7 heteroatoms. The molecule has 0 unspecified atom stereocenters. The zero-order chi connectivity index (χ0) is 15.6. The normalized spacial score (nSPS) is 17.0. The van der Waals surface area contributed by atoms with Gasteiger partial charge < -0.3 is 15.7 Å². The molecule has 0 radical (unpaired) electrons. The molecular formula is C14H22N4O3. The molecular weight excluding hydrogens is 272 g/mol. The first kappa shape index (κ1) is 15.5. The van der Waals surface area contributed by atoms with Crippen molar-refractivity contribution in [3.8, 4) is 0 Å². The second kappa shape index (κ2) is 5.87. The smallest absolute Gasteiger partial charge is 0.273 e. The molecule has 1 fully saturated rings. The van der Waals surface area contributed by atoms with Crippen molar-refractivity contribution >= 4 is 17.1 Å². The van der Waals surface area contributed by atoms with Crippen LogP contribution in [0.5, 0.6) is 0 Å². The quantitative estimate of drug-likeness (QED) is 0.490. The van der Waals surface area contributed by atoms with Crippen LogP contribution in [0.2, 0.25) is 0 Å². The fraction of sp³-hybridized carbons (Fsp3) is 0.571. The summed E-state index contributed by atoms with van der Waals surface area (Å²) in [5.74, 6) is 0. The van der Waals surface area contributed by atoms with Crippen molar-refractivity contribution in [2.75, 3.05) is 43.4 Å². The molecule has 0 aliphatic carbocycles. The summed E-state index contributed by atoms with van der Waals surface area (Å²) in [6, 6.07) is 4.69. The Morgan fingerprint density at radius 2 is 1.90 bits per heavy atom. The number of rotatable bonds is 4. The van der Waals surface area contributed by atoms with Gasteiger partial charge in [0.2, 0.25) is 0 Å². The zero-order valence-electron chi connectivity index (χ0n) is 12.5. The van der Waals surface area contributed by atoms with E-state index in [0.29, 0.717) is 12.2 Å². The van der Waals surface area contributed by atoms with E-state index in [-0.39, 0.29) is 5.69 Å². The number of nitrogens with zero attached hydrogens (tertiary/aromatic N) is 3. The Balaban J connectivity index is 2.04. The maximum Gasteiger partial charge on any atom is 0.273 e. The second-order valence-electron chi connectivity index (χ2n) is 6.12. The number of piperazine rings is 1. The standard InChI is InChI=1S/C14H22N4O3/c1-14(2,19)10-16-3-5-17(6-4-16)12-7-11(15)8-13(9-12)18(20)21/h7-9,19H,3-6,10,15H2,1-2H3. The molecule has 1 aromatic carbocycles. The number of aliphatic hydroxyl groups is 1. The molecule has 1 saturated heterocycles. The minimum absolute atomic E-state index is 0.0175. The molecule has 1 heterocycles. The first-order valence-electron chi connectivity index (χ1n) is 6.99. The van der Waals surface area contributed by atoms with E-state index in [2.05, 4.69) is 9.80 Å². The maximum atomic E-state index is 10.9. The Labute approximate surface area is 124 Å². The van der Waals surface area contributed by atoms with Crippen molar-refractivity contribution in [3.05, 3.63) is 28.3 Å².